The first-order valence-electron chi connectivity index (χ1n) is 7.54. The summed E-state index contributed by atoms with van der Waals surface area (Å²) in [6.45, 7) is 2.01. The molecular weight excluding hydrogens is 358 g/mol. The van der Waals surface area contributed by atoms with E-state index in [1.54, 1.807) is 17.7 Å². The number of thiazole rings is 1. The number of amides is 3. The van der Waals surface area contributed by atoms with E-state index in [4.69, 9.17) is 0 Å². The fourth-order valence-corrected chi connectivity index (χ4v) is 3.69. The molecule has 1 aromatic carbocycles. The zero-order valence-corrected chi connectivity index (χ0v) is 15.0. The van der Waals surface area contributed by atoms with Crippen molar-refractivity contribution in [3.63, 3.8) is 0 Å². The first-order chi connectivity index (χ1) is 12.0. The molecule has 1 saturated heterocycles. The Balaban J connectivity index is 1.62. The Kier molecular flexibility index (Phi) is 5.30. The Bertz CT molecular complexity index is 847. The molecule has 128 valence electrons. The largest absolute Gasteiger partial charge is 0.302 e. The van der Waals surface area contributed by atoms with Gasteiger partial charge in [-0.2, -0.15) is 0 Å². The molecule has 2 aromatic rings. The van der Waals surface area contributed by atoms with Gasteiger partial charge in [0.25, 0.3) is 11.1 Å². The summed E-state index contributed by atoms with van der Waals surface area (Å²) >= 11 is 2.21. The Morgan fingerprint density at radius 2 is 2.20 bits per heavy atom. The molecule has 1 aliphatic heterocycles. The molecule has 1 aliphatic rings. The van der Waals surface area contributed by atoms with E-state index >= 15 is 0 Å². The highest BCUT2D eigenvalue weighted by atomic mass is 32.2. The van der Waals surface area contributed by atoms with E-state index in [1.165, 1.54) is 11.3 Å². The van der Waals surface area contributed by atoms with Gasteiger partial charge in [0.1, 0.15) is 0 Å². The standard InChI is InChI=1S/C17H15N3O3S2/c1-11-3-2-4-12(9-11)10-13-15(22)20(17(23)25-13)7-5-14(21)19-16-18-6-8-24-16/h2-4,6,8-10H,5,7H2,1H3,(H,18,19,21). The summed E-state index contributed by atoms with van der Waals surface area (Å²) in [5, 5.41) is 4.53. The third kappa shape index (κ3) is 4.34. The number of hydrogen-bond donors (Lipinski definition) is 1. The fraction of sp³-hybridized carbons (Fsp3) is 0.176. The number of carbonyl (C=O) groups excluding carboxylic acids is 3. The maximum absolute atomic E-state index is 12.4. The van der Waals surface area contributed by atoms with Crippen LogP contribution in [0, 0.1) is 6.92 Å². The molecular formula is C17H15N3O3S2. The van der Waals surface area contributed by atoms with Crippen LogP contribution in [0.15, 0.2) is 40.7 Å². The molecule has 0 bridgehead atoms. The number of benzene rings is 1. The lowest BCUT2D eigenvalue weighted by molar-refractivity contribution is -0.123. The van der Waals surface area contributed by atoms with E-state index in [9.17, 15) is 14.4 Å². The number of anilines is 1. The van der Waals surface area contributed by atoms with Crippen molar-refractivity contribution in [3.05, 3.63) is 51.9 Å². The van der Waals surface area contributed by atoms with Crippen molar-refractivity contribution in [2.75, 3.05) is 11.9 Å². The highest BCUT2D eigenvalue weighted by Crippen LogP contribution is 2.32. The first-order valence-corrected chi connectivity index (χ1v) is 9.24. The molecule has 6 nitrogen and oxygen atoms in total. The van der Waals surface area contributed by atoms with Crippen LogP contribution in [0.1, 0.15) is 17.5 Å². The average molecular weight is 373 g/mol. The smallest absolute Gasteiger partial charge is 0.293 e. The van der Waals surface area contributed by atoms with Crippen LogP contribution in [0.3, 0.4) is 0 Å². The van der Waals surface area contributed by atoms with Crippen molar-refractivity contribution in [3.8, 4) is 0 Å². The number of imide groups is 1. The molecule has 2 heterocycles. The molecule has 0 saturated carbocycles. The monoisotopic (exact) mass is 373 g/mol. The molecule has 1 fully saturated rings. The lowest BCUT2D eigenvalue weighted by Crippen LogP contribution is -2.31. The minimum Gasteiger partial charge on any atom is -0.302 e. The number of thioether (sulfide) groups is 1. The summed E-state index contributed by atoms with van der Waals surface area (Å²) in [6.07, 6.45) is 3.33. The average Bonchev–Trinajstić information content (AvgIpc) is 3.15. The summed E-state index contributed by atoms with van der Waals surface area (Å²) in [7, 11) is 0. The zero-order chi connectivity index (χ0) is 17.8. The topological polar surface area (TPSA) is 79.4 Å². The van der Waals surface area contributed by atoms with E-state index in [0.29, 0.717) is 10.0 Å². The maximum atomic E-state index is 12.4. The number of carbonyl (C=O) groups is 3. The van der Waals surface area contributed by atoms with Gasteiger partial charge in [-0.25, -0.2) is 4.98 Å². The zero-order valence-electron chi connectivity index (χ0n) is 13.4. The molecule has 0 spiro atoms. The van der Waals surface area contributed by atoms with Gasteiger partial charge in [-0.3, -0.25) is 19.3 Å². The minimum absolute atomic E-state index is 0.0370. The molecule has 0 radical (unpaired) electrons. The number of hydrogen-bond acceptors (Lipinski definition) is 6. The molecule has 0 atom stereocenters. The Hall–Kier alpha value is -2.45. The Morgan fingerprint density at radius 1 is 1.36 bits per heavy atom. The van der Waals surface area contributed by atoms with E-state index in [0.717, 1.165) is 27.8 Å². The van der Waals surface area contributed by atoms with E-state index in [1.807, 2.05) is 31.2 Å². The number of nitrogens with zero attached hydrogens (tertiary/aromatic N) is 2. The number of nitrogens with one attached hydrogen (secondary N) is 1. The van der Waals surface area contributed by atoms with Crippen molar-refractivity contribution >= 4 is 51.4 Å². The molecule has 1 aromatic heterocycles. The molecule has 3 rings (SSSR count). The van der Waals surface area contributed by atoms with Crippen LogP contribution >= 0.6 is 23.1 Å². The first kappa shape index (κ1) is 17.4. The van der Waals surface area contributed by atoms with Crippen LogP contribution < -0.4 is 5.32 Å². The molecule has 3 amide bonds. The van der Waals surface area contributed by atoms with Gasteiger partial charge in [0.05, 0.1) is 4.91 Å². The second-order valence-corrected chi connectivity index (χ2v) is 7.27. The lowest BCUT2D eigenvalue weighted by atomic mass is 10.1. The predicted molar refractivity (Wildman–Crippen MR) is 99.2 cm³/mol. The molecule has 25 heavy (non-hydrogen) atoms. The summed E-state index contributed by atoms with van der Waals surface area (Å²) in [6, 6.07) is 7.68. The predicted octanol–water partition coefficient (Wildman–Crippen LogP) is 3.52. The molecule has 8 heteroatoms. The van der Waals surface area contributed by atoms with Crippen LogP contribution in [-0.2, 0) is 9.59 Å². The number of aromatic nitrogens is 1. The van der Waals surface area contributed by atoms with Crippen LogP contribution in [0.25, 0.3) is 6.08 Å². The van der Waals surface area contributed by atoms with Gasteiger partial charge in [0.2, 0.25) is 5.91 Å². The fourth-order valence-electron chi connectivity index (χ4n) is 2.28. The van der Waals surface area contributed by atoms with Gasteiger partial charge < -0.3 is 5.32 Å². The minimum atomic E-state index is -0.362. The van der Waals surface area contributed by atoms with Crippen molar-refractivity contribution < 1.29 is 14.4 Å². The van der Waals surface area contributed by atoms with E-state index < -0.39 is 0 Å². The third-order valence-electron chi connectivity index (χ3n) is 3.45. The van der Waals surface area contributed by atoms with Crippen molar-refractivity contribution in [1.29, 1.82) is 0 Å². The van der Waals surface area contributed by atoms with Crippen LogP contribution in [0.4, 0.5) is 9.93 Å². The van der Waals surface area contributed by atoms with Crippen LogP contribution in [0.5, 0.6) is 0 Å². The maximum Gasteiger partial charge on any atom is 0.293 e. The highest BCUT2D eigenvalue weighted by Gasteiger charge is 2.35. The van der Waals surface area contributed by atoms with Crippen LogP contribution in [-0.4, -0.2) is 33.5 Å². The second kappa shape index (κ2) is 7.62. The van der Waals surface area contributed by atoms with Gasteiger partial charge in [0, 0.05) is 24.5 Å². The normalized spacial score (nSPS) is 15.9. The summed E-state index contributed by atoms with van der Waals surface area (Å²) in [5.74, 6) is -0.643. The highest BCUT2D eigenvalue weighted by molar-refractivity contribution is 8.18. The Labute approximate surface area is 152 Å². The van der Waals surface area contributed by atoms with Crippen molar-refractivity contribution in [2.45, 2.75) is 13.3 Å². The van der Waals surface area contributed by atoms with Gasteiger partial charge in [-0.15, -0.1) is 11.3 Å². The Morgan fingerprint density at radius 3 is 2.92 bits per heavy atom. The van der Waals surface area contributed by atoms with Gasteiger partial charge >= 0.3 is 0 Å². The van der Waals surface area contributed by atoms with Crippen molar-refractivity contribution in [2.24, 2.45) is 0 Å². The van der Waals surface area contributed by atoms with Crippen molar-refractivity contribution in [1.82, 2.24) is 9.88 Å². The van der Waals surface area contributed by atoms with E-state index in [2.05, 4.69) is 10.3 Å². The molecule has 1 N–H and O–H groups in total. The van der Waals surface area contributed by atoms with Gasteiger partial charge in [-0.05, 0) is 30.3 Å². The van der Waals surface area contributed by atoms with Gasteiger partial charge in [-0.1, -0.05) is 29.8 Å². The number of rotatable bonds is 5. The molecule has 0 aliphatic carbocycles. The van der Waals surface area contributed by atoms with Gasteiger partial charge in [0.15, 0.2) is 5.13 Å². The van der Waals surface area contributed by atoms with E-state index in [-0.39, 0.29) is 30.0 Å². The summed E-state index contributed by atoms with van der Waals surface area (Å²) in [4.78, 5) is 41.8. The summed E-state index contributed by atoms with van der Waals surface area (Å²) in [5.41, 5.74) is 1.94. The molecule has 0 unspecified atom stereocenters. The second-order valence-electron chi connectivity index (χ2n) is 5.38. The quantitative estimate of drug-likeness (QED) is 0.811. The SMILES string of the molecule is Cc1cccc(C=C2SC(=O)N(CCC(=O)Nc3nccs3)C2=O)c1. The number of aryl methyl sites for hydroxylation is 1. The summed E-state index contributed by atoms with van der Waals surface area (Å²) < 4.78 is 0. The third-order valence-corrected chi connectivity index (χ3v) is 5.05. The van der Waals surface area contributed by atoms with Crippen LogP contribution in [0.2, 0.25) is 0 Å². The lowest BCUT2D eigenvalue weighted by Gasteiger charge is -2.11.